The highest BCUT2D eigenvalue weighted by Crippen LogP contribution is 2.28. The van der Waals surface area contributed by atoms with Gasteiger partial charge in [-0.25, -0.2) is 0 Å². The van der Waals surface area contributed by atoms with Gasteiger partial charge in [-0.05, 0) is 48.7 Å². The molecule has 1 N–H and O–H groups in total. The monoisotopic (exact) mass is 356 g/mol. The van der Waals surface area contributed by atoms with Crippen molar-refractivity contribution >= 4 is 34.8 Å². The molecule has 1 heterocycles. The fourth-order valence-electron chi connectivity index (χ4n) is 3.00. The maximum Gasteiger partial charge on any atom is 0.229 e. The molecule has 0 spiro atoms. The van der Waals surface area contributed by atoms with Gasteiger partial charge in [0.1, 0.15) is 0 Å². The van der Waals surface area contributed by atoms with E-state index in [0.29, 0.717) is 17.3 Å². The first-order chi connectivity index (χ1) is 12.0. The van der Waals surface area contributed by atoms with Crippen molar-refractivity contribution in [2.45, 2.75) is 26.7 Å². The van der Waals surface area contributed by atoms with Gasteiger partial charge < -0.3 is 10.2 Å². The zero-order valence-corrected chi connectivity index (χ0v) is 15.1. The summed E-state index contributed by atoms with van der Waals surface area (Å²) < 4.78 is 0. The van der Waals surface area contributed by atoms with Crippen LogP contribution in [0, 0.1) is 12.8 Å². The van der Waals surface area contributed by atoms with Crippen LogP contribution >= 0.6 is 11.6 Å². The normalized spacial score (nSPS) is 17.0. The Hall–Kier alpha value is -2.33. The summed E-state index contributed by atoms with van der Waals surface area (Å²) in [7, 11) is 0. The number of benzene rings is 2. The van der Waals surface area contributed by atoms with E-state index in [2.05, 4.69) is 12.2 Å². The summed E-state index contributed by atoms with van der Waals surface area (Å²) in [5.74, 6) is -0.582. The van der Waals surface area contributed by atoms with Crippen molar-refractivity contribution in [2.75, 3.05) is 16.8 Å². The molecule has 4 nitrogen and oxygen atoms in total. The lowest BCUT2D eigenvalue weighted by atomic mass is 10.1. The number of anilines is 2. The predicted molar refractivity (Wildman–Crippen MR) is 101 cm³/mol. The van der Waals surface area contributed by atoms with Crippen molar-refractivity contribution in [3.8, 4) is 0 Å². The molecule has 25 heavy (non-hydrogen) atoms. The fraction of sp³-hybridized carbons (Fsp3) is 0.300. The van der Waals surface area contributed by atoms with Crippen LogP contribution in [0.25, 0.3) is 0 Å². The average Bonchev–Trinajstić information content (AvgIpc) is 2.99. The van der Waals surface area contributed by atoms with E-state index >= 15 is 0 Å². The van der Waals surface area contributed by atoms with Crippen LogP contribution in [0.5, 0.6) is 0 Å². The van der Waals surface area contributed by atoms with E-state index in [1.165, 1.54) is 5.56 Å². The van der Waals surface area contributed by atoms with Gasteiger partial charge in [-0.1, -0.05) is 36.7 Å². The van der Waals surface area contributed by atoms with Gasteiger partial charge in [0.15, 0.2) is 0 Å². The second-order valence-corrected chi connectivity index (χ2v) is 6.81. The summed E-state index contributed by atoms with van der Waals surface area (Å²) in [5.41, 5.74) is 3.67. The highest BCUT2D eigenvalue weighted by molar-refractivity contribution is 6.33. The number of hydrogen-bond donors (Lipinski definition) is 1. The summed E-state index contributed by atoms with van der Waals surface area (Å²) in [6.45, 7) is 4.42. The number of hydrogen-bond acceptors (Lipinski definition) is 2. The molecule has 3 rings (SSSR count). The molecule has 1 aliphatic heterocycles. The maximum atomic E-state index is 12.5. The molecule has 2 amide bonds. The maximum absolute atomic E-state index is 12.5. The van der Waals surface area contributed by atoms with Gasteiger partial charge in [0.25, 0.3) is 0 Å². The zero-order valence-electron chi connectivity index (χ0n) is 14.4. The molecule has 1 fully saturated rings. The molecule has 0 aromatic heterocycles. The van der Waals surface area contributed by atoms with Crippen molar-refractivity contribution in [2.24, 2.45) is 5.92 Å². The average molecular weight is 357 g/mol. The Kier molecular flexibility index (Phi) is 5.09. The third-order valence-electron chi connectivity index (χ3n) is 4.53. The highest BCUT2D eigenvalue weighted by atomic mass is 35.5. The molecule has 1 atom stereocenters. The number of amides is 2. The molecule has 2 aromatic rings. The summed E-state index contributed by atoms with van der Waals surface area (Å²) in [5, 5.41) is 3.34. The third kappa shape index (κ3) is 3.85. The Bertz CT molecular complexity index is 802. The largest absolute Gasteiger partial charge is 0.324 e. The van der Waals surface area contributed by atoms with E-state index in [0.717, 1.165) is 17.7 Å². The predicted octanol–water partition coefficient (Wildman–Crippen LogP) is 4.20. The van der Waals surface area contributed by atoms with Crippen molar-refractivity contribution in [1.29, 1.82) is 0 Å². The van der Waals surface area contributed by atoms with Crippen LogP contribution in [-0.4, -0.2) is 18.4 Å². The van der Waals surface area contributed by atoms with Crippen molar-refractivity contribution in [3.63, 3.8) is 0 Å². The molecule has 1 unspecified atom stereocenters. The molecule has 2 aromatic carbocycles. The number of nitrogens with zero attached hydrogens (tertiary/aromatic N) is 1. The minimum absolute atomic E-state index is 0.0283. The quantitative estimate of drug-likeness (QED) is 0.892. The van der Waals surface area contributed by atoms with E-state index in [4.69, 9.17) is 11.6 Å². The topological polar surface area (TPSA) is 49.4 Å². The summed E-state index contributed by atoms with van der Waals surface area (Å²) in [4.78, 5) is 26.5. The van der Waals surface area contributed by atoms with E-state index in [-0.39, 0.29) is 24.2 Å². The summed E-state index contributed by atoms with van der Waals surface area (Å²) >= 11 is 6.17. The van der Waals surface area contributed by atoms with Gasteiger partial charge in [0.2, 0.25) is 11.8 Å². The molecule has 1 aliphatic rings. The first kappa shape index (κ1) is 17.5. The van der Waals surface area contributed by atoms with Crippen molar-refractivity contribution in [3.05, 3.63) is 58.6 Å². The second kappa shape index (κ2) is 7.28. The summed E-state index contributed by atoms with van der Waals surface area (Å²) in [6, 6.07) is 13.4. The Morgan fingerprint density at radius 2 is 1.96 bits per heavy atom. The first-order valence-electron chi connectivity index (χ1n) is 8.44. The lowest BCUT2D eigenvalue weighted by Gasteiger charge is -2.17. The standard InChI is InChI=1S/C20H21ClN2O2/c1-3-14-5-7-16(8-6-14)23-12-15(11-19(23)24)20(25)22-18-9-4-13(2)10-17(18)21/h4-10,15H,3,11-12H2,1-2H3,(H,22,25). The van der Waals surface area contributed by atoms with E-state index in [1.54, 1.807) is 17.0 Å². The van der Waals surface area contributed by atoms with Gasteiger partial charge in [0.05, 0.1) is 16.6 Å². The van der Waals surface area contributed by atoms with Gasteiger partial charge in [-0.2, -0.15) is 0 Å². The van der Waals surface area contributed by atoms with Gasteiger partial charge >= 0.3 is 0 Å². The van der Waals surface area contributed by atoms with Gasteiger partial charge in [-0.15, -0.1) is 0 Å². The third-order valence-corrected chi connectivity index (χ3v) is 4.85. The minimum atomic E-state index is -0.379. The Balaban J connectivity index is 1.69. The molecule has 0 radical (unpaired) electrons. The minimum Gasteiger partial charge on any atom is -0.324 e. The SMILES string of the molecule is CCc1ccc(N2CC(C(=O)Nc3ccc(C)cc3Cl)CC2=O)cc1. The van der Waals surface area contributed by atoms with Crippen molar-refractivity contribution < 1.29 is 9.59 Å². The number of aryl methyl sites for hydroxylation is 2. The van der Waals surface area contributed by atoms with Crippen LogP contribution in [0.4, 0.5) is 11.4 Å². The van der Waals surface area contributed by atoms with Crippen LogP contribution in [0.3, 0.4) is 0 Å². The number of carbonyl (C=O) groups is 2. The molecule has 0 saturated carbocycles. The van der Waals surface area contributed by atoms with Crippen LogP contribution in [0.1, 0.15) is 24.5 Å². The van der Waals surface area contributed by atoms with E-state index < -0.39 is 0 Å². The number of rotatable bonds is 4. The number of carbonyl (C=O) groups excluding carboxylic acids is 2. The molecule has 0 bridgehead atoms. The highest BCUT2D eigenvalue weighted by Gasteiger charge is 2.35. The van der Waals surface area contributed by atoms with E-state index in [1.807, 2.05) is 37.3 Å². The second-order valence-electron chi connectivity index (χ2n) is 6.40. The lowest BCUT2D eigenvalue weighted by molar-refractivity contribution is -0.122. The summed E-state index contributed by atoms with van der Waals surface area (Å²) in [6.07, 6.45) is 1.17. The first-order valence-corrected chi connectivity index (χ1v) is 8.82. The van der Waals surface area contributed by atoms with Gasteiger partial charge in [0, 0.05) is 18.7 Å². The zero-order chi connectivity index (χ0) is 18.0. The Morgan fingerprint density at radius 3 is 2.60 bits per heavy atom. The molecule has 0 aliphatic carbocycles. The Labute approximate surface area is 152 Å². The molecular weight excluding hydrogens is 336 g/mol. The molecule has 5 heteroatoms. The van der Waals surface area contributed by atoms with Crippen LogP contribution in [-0.2, 0) is 16.0 Å². The molecular formula is C20H21ClN2O2. The lowest BCUT2D eigenvalue weighted by Crippen LogP contribution is -2.28. The number of nitrogens with one attached hydrogen (secondary N) is 1. The molecule has 1 saturated heterocycles. The smallest absolute Gasteiger partial charge is 0.229 e. The molecule has 130 valence electrons. The van der Waals surface area contributed by atoms with Gasteiger partial charge in [-0.3, -0.25) is 9.59 Å². The number of halogens is 1. The Morgan fingerprint density at radius 1 is 1.24 bits per heavy atom. The van der Waals surface area contributed by atoms with Crippen LogP contribution < -0.4 is 10.2 Å². The van der Waals surface area contributed by atoms with Crippen LogP contribution in [0.2, 0.25) is 5.02 Å². The van der Waals surface area contributed by atoms with E-state index in [9.17, 15) is 9.59 Å². The van der Waals surface area contributed by atoms with Crippen molar-refractivity contribution in [1.82, 2.24) is 0 Å². The van der Waals surface area contributed by atoms with Crippen LogP contribution in [0.15, 0.2) is 42.5 Å². The fourth-order valence-corrected chi connectivity index (χ4v) is 3.28.